The normalized spacial score (nSPS) is 11.2. The summed E-state index contributed by atoms with van der Waals surface area (Å²) in [7, 11) is -2.76. The van der Waals surface area contributed by atoms with Crippen molar-refractivity contribution in [3.8, 4) is 11.4 Å². The van der Waals surface area contributed by atoms with Crippen LogP contribution in [0.1, 0.15) is 16.2 Å². The molecule has 2 N–H and O–H groups in total. The number of ether oxygens (including phenoxy) is 1. The first-order valence-electron chi connectivity index (χ1n) is 7.72. The maximum atomic E-state index is 12.8. The van der Waals surface area contributed by atoms with Crippen molar-refractivity contribution < 1.29 is 23.1 Å². The van der Waals surface area contributed by atoms with E-state index in [0.717, 1.165) is 12.1 Å². The summed E-state index contributed by atoms with van der Waals surface area (Å²) in [5.41, 5.74) is 0.127. The lowest BCUT2D eigenvalue weighted by molar-refractivity contribution is 0.0692. The van der Waals surface area contributed by atoms with Crippen LogP contribution in [0.25, 0.3) is 5.69 Å². The molecule has 0 fully saturated rings. The lowest BCUT2D eigenvalue weighted by Gasteiger charge is -2.14. The van der Waals surface area contributed by atoms with E-state index >= 15 is 0 Å². The number of rotatable bonds is 6. The summed E-state index contributed by atoms with van der Waals surface area (Å²) in [4.78, 5) is 11.0. The molecule has 0 saturated carbocycles. The van der Waals surface area contributed by atoms with Gasteiger partial charge in [0.15, 0.2) is 5.82 Å². The van der Waals surface area contributed by atoms with Crippen molar-refractivity contribution in [2.45, 2.75) is 11.8 Å². The van der Waals surface area contributed by atoms with Crippen LogP contribution in [-0.4, -0.2) is 46.8 Å². The fraction of sp³-hybridized carbons (Fsp3) is 0.125. The van der Waals surface area contributed by atoms with E-state index < -0.39 is 26.5 Å². The monoisotopic (exact) mass is 423 g/mol. The molecule has 0 radical (unpaired) electrons. The van der Waals surface area contributed by atoms with Gasteiger partial charge >= 0.3 is 5.97 Å². The second kappa shape index (κ2) is 7.44. The van der Waals surface area contributed by atoms with Crippen LogP contribution in [0, 0.1) is 6.92 Å². The molecule has 146 valence electrons. The van der Waals surface area contributed by atoms with Gasteiger partial charge in [0, 0.05) is 5.02 Å². The first-order chi connectivity index (χ1) is 13.2. The minimum absolute atomic E-state index is 0.109. The van der Waals surface area contributed by atoms with E-state index in [-0.39, 0.29) is 10.7 Å². The quantitative estimate of drug-likeness (QED) is 0.615. The highest BCUT2D eigenvalue weighted by Crippen LogP contribution is 2.29. The Morgan fingerprint density at radius 1 is 1.25 bits per heavy atom. The maximum Gasteiger partial charge on any atom is 0.337 e. The molecule has 0 aliphatic heterocycles. The third-order valence-electron chi connectivity index (χ3n) is 3.75. The molecule has 0 aliphatic carbocycles. The molecular formula is C16H14ClN5O5S. The summed E-state index contributed by atoms with van der Waals surface area (Å²) < 4.78 is 34.5. The number of tetrazole rings is 1. The Morgan fingerprint density at radius 3 is 2.61 bits per heavy atom. The number of hydrogen-bond acceptors (Lipinski definition) is 7. The second-order valence-electron chi connectivity index (χ2n) is 5.58. The van der Waals surface area contributed by atoms with E-state index in [1.54, 1.807) is 6.92 Å². The Labute approximate surface area is 164 Å². The molecule has 3 rings (SSSR count). The van der Waals surface area contributed by atoms with Gasteiger partial charge in [-0.1, -0.05) is 11.6 Å². The number of methoxy groups -OCH3 is 1. The Balaban J connectivity index is 2.05. The van der Waals surface area contributed by atoms with Crippen LogP contribution in [0.4, 0.5) is 5.69 Å². The Bertz CT molecular complexity index is 1160. The lowest BCUT2D eigenvalue weighted by Crippen LogP contribution is -2.17. The summed E-state index contributed by atoms with van der Waals surface area (Å²) in [6, 6.07) is 7.97. The third kappa shape index (κ3) is 3.75. The molecule has 1 aromatic heterocycles. The minimum atomic E-state index is -4.21. The molecule has 1 heterocycles. The molecule has 0 unspecified atom stereocenters. The number of carbonyl (C=O) groups is 1. The molecule has 0 amide bonds. The van der Waals surface area contributed by atoms with E-state index in [2.05, 4.69) is 20.2 Å². The van der Waals surface area contributed by atoms with Gasteiger partial charge < -0.3 is 9.84 Å². The average Bonchev–Trinajstić information content (AvgIpc) is 3.06. The smallest absolute Gasteiger partial charge is 0.337 e. The van der Waals surface area contributed by atoms with Crippen LogP contribution in [-0.2, 0) is 10.0 Å². The van der Waals surface area contributed by atoms with E-state index in [9.17, 15) is 18.3 Å². The van der Waals surface area contributed by atoms with Crippen LogP contribution >= 0.6 is 11.6 Å². The summed E-state index contributed by atoms with van der Waals surface area (Å²) in [6.45, 7) is 1.67. The van der Waals surface area contributed by atoms with E-state index in [4.69, 9.17) is 16.3 Å². The van der Waals surface area contributed by atoms with Gasteiger partial charge in [-0.3, -0.25) is 4.72 Å². The molecule has 0 saturated heterocycles. The van der Waals surface area contributed by atoms with E-state index in [1.807, 2.05) is 0 Å². The average molecular weight is 424 g/mol. The fourth-order valence-corrected chi connectivity index (χ4v) is 3.89. The molecule has 0 spiro atoms. The van der Waals surface area contributed by atoms with Gasteiger partial charge in [-0.2, -0.15) is 4.68 Å². The number of carboxylic acid groups (broad SMARTS) is 1. The van der Waals surface area contributed by atoms with Gasteiger partial charge in [0.05, 0.1) is 18.4 Å². The van der Waals surface area contributed by atoms with Gasteiger partial charge in [-0.15, -0.1) is 5.10 Å². The Morgan fingerprint density at radius 2 is 2.00 bits per heavy atom. The summed E-state index contributed by atoms with van der Waals surface area (Å²) in [5, 5.41) is 20.6. The van der Waals surface area contributed by atoms with Gasteiger partial charge in [-0.25, -0.2) is 13.2 Å². The number of halogens is 1. The van der Waals surface area contributed by atoms with Gasteiger partial charge in [0.2, 0.25) is 0 Å². The minimum Gasteiger partial charge on any atom is -0.494 e. The van der Waals surface area contributed by atoms with Gasteiger partial charge in [-0.05, 0) is 53.7 Å². The Hall–Kier alpha value is -3.18. The number of nitrogens with zero attached hydrogens (tertiary/aromatic N) is 4. The van der Waals surface area contributed by atoms with Crippen LogP contribution < -0.4 is 9.46 Å². The second-order valence-corrected chi connectivity index (χ2v) is 7.66. The number of carboxylic acids is 1. The molecule has 10 nitrogen and oxygen atoms in total. The van der Waals surface area contributed by atoms with Crippen molar-refractivity contribution in [2.75, 3.05) is 11.8 Å². The Kier molecular flexibility index (Phi) is 5.21. The van der Waals surface area contributed by atoms with Crippen molar-refractivity contribution in [3.63, 3.8) is 0 Å². The number of hydrogen-bond donors (Lipinski definition) is 2. The first kappa shape index (κ1) is 19.6. The van der Waals surface area contributed by atoms with Crippen molar-refractivity contribution in [3.05, 3.63) is 52.8 Å². The number of aromatic nitrogens is 4. The number of benzene rings is 2. The van der Waals surface area contributed by atoms with Crippen LogP contribution in [0.3, 0.4) is 0 Å². The van der Waals surface area contributed by atoms with Crippen molar-refractivity contribution in [1.82, 2.24) is 20.2 Å². The van der Waals surface area contributed by atoms with Gasteiger partial charge in [0.1, 0.15) is 16.3 Å². The zero-order valence-corrected chi connectivity index (χ0v) is 16.2. The highest BCUT2D eigenvalue weighted by Gasteiger charge is 2.23. The number of aryl methyl sites for hydroxylation is 1. The number of sulfonamides is 1. The predicted molar refractivity (Wildman–Crippen MR) is 99.7 cm³/mol. The molecular weight excluding hydrogens is 410 g/mol. The molecule has 2 aromatic carbocycles. The van der Waals surface area contributed by atoms with E-state index in [0.29, 0.717) is 17.3 Å². The van der Waals surface area contributed by atoms with Crippen molar-refractivity contribution in [2.24, 2.45) is 0 Å². The molecule has 0 aliphatic rings. The zero-order chi connectivity index (χ0) is 20.5. The molecule has 3 aromatic rings. The van der Waals surface area contributed by atoms with Crippen molar-refractivity contribution in [1.29, 1.82) is 0 Å². The highest BCUT2D eigenvalue weighted by molar-refractivity contribution is 7.92. The number of nitrogens with one attached hydrogen (secondary N) is 1. The third-order valence-corrected chi connectivity index (χ3v) is 5.42. The van der Waals surface area contributed by atoms with Crippen LogP contribution in [0.15, 0.2) is 41.3 Å². The molecule has 0 bridgehead atoms. The largest absolute Gasteiger partial charge is 0.494 e. The topological polar surface area (TPSA) is 136 Å². The standard InChI is InChI=1S/C16H14ClN5O5S/c1-9-18-20-21-22(9)13-8-11(4-5-14(13)27-2)19-28(25,26)15-6-3-10(17)7-12(15)16(23)24/h3-8,19H,1-2H3,(H,23,24). The summed E-state index contributed by atoms with van der Waals surface area (Å²) in [6.07, 6.45) is 0. The molecule has 12 heteroatoms. The maximum absolute atomic E-state index is 12.8. The lowest BCUT2D eigenvalue weighted by atomic mass is 10.2. The van der Waals surface area contributed by atoms with Gasteiger partial charge in [0.25, 0.3) is 10.0 Å². The first-order valence-corrected chi connectivity index (χ1v) is 9.58. The molecule has 28 heavy (non-hydrogen) atoms. The zero-order valence-electron chi connectivity index (χ0n) is 14.6. The SMILES string of the molecule is COc1ccc(NS(=O)(=O)c2ccc(Cl)cc2C(=O)O)cc1-n1nnnc1C. The van der Waals surface area contributed by atoms with E-state index in [1.165, 1.54) is 36.1 Å². The number of anilines is 1. The summed E-state index contributed by atoms with van der Waals surface area (Å²) in [5.74, 6) is -0.539. The highest BCUT2D eigenvalue weighted by atomic mass is 35.5. The molecule has 0 atom stereocenters. The predicted octanol–water partition coefficient (Wildman–Crippen LogP) is 2.13. The number of aromatic carboxylic acids is 1. The van der Waals surface area contributed by atoms with Crippen LogP contribution in [0.2, 0.25) is 5.02 Å². The fourth-order valence-electron chi connectivity index (χ4n) is 2.49. The van der Waals surface area contributed by atoms with Crippen LogP contribution in [0.5, 0.6) is 5.75 Å². The van der Waals surface area contributed by atoms with Crippen molar-refractivity contribution >= 4 is 33.3 Å². The summed E-state index contributed by atoms with van der Waals surface area (Å²) >= 11 is 5.78.